The van der Waals surface area contributed by atoms with Crippen LogP contribution < -0.4 is 0 Å². The Bertz CT molecular complexity index is 775. The molecule has 0 bridgehead atoms. The van der Waals surface area contributed by atoms with Crippen molar-refractivity contribution in [3.63, 3.8) is 0 Å². The van der Waals surface area contributed by atoms with Crippen molar-refractivity contribution < 1.29 is 14.6 Å². The minimum absolute atomic E-state index is 0.00764. The Labute approximate surface area is 162 Å². The number of esters is 1. The molecule has 3 heteroatoms. The fourth-order valence-electron chi connectivity index (χ4n) is 3.20. The molecule has 3 nitrogen and oxygen atoms in total. The zero-order valence-electron chi connectivity index (χ0n) is 16.6. The zero-order chi connectivity index (χ0) is 19.8. The lowest BCUT2D eigenvalue weighted by molar-refractivity contribution is -0.138. The average molecular weight is 367 g/mol. The molecule has 0 amide bonds. The highest BCUT2D eigenvalue weighted by Crippen LogP contribution is 2.28. The molecule has 0 spiro atoms. The first-order valence-corrected chi connectivity index (χ1v) is 9.61. The number of rotatable bonds is 9. The SMILES string of the molecule is C=C(C)C(=O)OCCc1cc(CO)ccc1-c1ccc(C(C)CCC)cc1. The Morgan fingerprint density at radius 3 is 2.48 bits per heavy atom. The Hall–Kier alpha value is -2.39. The first kappa shape index (κ1) is 20.9. The van der Waals surface area contributed by atoms with Crippen molar-refractivity contribution in [1.82, 2.24) is 0 Å². The summed E-state index contributed by atoms with van der Waals surface area (Å²) < 4.78 is 5.25. The second kappa shape index (κ2) is 10.1. The summed E-state index contributed by atoms with van der Waals surface area (Å²) in [6.45, 7) is 9.99. The van der Waals surface area contributed by atoms with Crippen LogP contribution in [-0.4, -0.2) is 17.7 Å². The third-order valence-electron chi connectivity index (χ3n) is 4.82. The smallest absolute Gasteiger partial charge is 0.333 e. The van der Waals surface area contributed by atoms with E-state index in [9.17, 15) is 9.90 Å². The van der Waals surface area contributed by atoms with Crippen LogP contribution in [0.15, 0.2) is 54.6 Å². The van der Waals surface area contributed by atoms with Crippen molar-refractivity contribution in [1.29, 1.82) is 0 Å². The lowest BCUT2D eigenvalue weighted by atomic mass is 9.92. The summed E-state index contributed by atoms with van der Waals surface area (Å²) >= 11 is 0. The van der Waals surface area contributed by atoms with Gasteiger partial charge in [-0.1, -0.05) is 69.3 Å². The van der Waals surface area contributed by atoms with Gasteiger partial charge in [-0.3, -0.25) is 0 Å². The molecule has 2 aromatic rings. The van der Waals surface area contributed by atoms with Crippen LogP contribution >= 0.6 is 0 Å². The van der Waals surface area contributed by atoms with Gasteiger partial charge >= 0.3 is 5.97 Å². The largest absolute Gasteiger partial charge is 0.462 e. The summed E-state index contributed by atoms with van der Waals surface area (Å²) in [6, 6.07) is 14.6. The molecular formula is C24H30O3. The molecule has 0 aliphatic carbocycles. The monoisotopic (exact) mass is 366 g/mol. The van der Waals surface area contributed by atoms with Gasteiger partial charge in [0.05, 0.1) is 13.2 Å². The molecule has 0 heterocycles. The Kier molecular flexibility index (Phi) is 7.81. The highest BCUT2D eigenvalue weighted by molar-refractivity contribution is 5.86. The van der Waals surface area contributed by atoms with E-state index in [0.29, 0.717) is 24.5 Å². The highest BCUT2D eigenvalue weighted by Gasteiger charge is 2.10. The van der Waals surface area contributed by atoms with Gasteiger partial charge in [0.25, 0.3) is 0 Å². The van der Waals surface area contributed by atoms with Gasteiger partial charge in [0.15, 0.2) is 0 Å². The lowest BCUT2D eigenvalue weighted by Gasteiger charge is -2.14. The molecule has 27 heavy (non-hydrogen) atoms. The molecule has 0 saturated carbocycles. The number of benzene rings is 2. The van der Waals surface area contributed by atoms with Gasteiger partial charge in [-0.25, -0.2) is 4.79 Å². The van der Waals surface area contributed by atoms with E-state index in [1.807, 2.05) is 18.2 Å². The van der Waals surface area contributed by atoms with Crippen molar-refractivity contribution in [2.75, 3.05) is 6.61 Å². The van der Waals surface area contributed by atoms with E-state index in [1.54, 1.807) is 6.92 Å². The number of ether oxygens (including phenoxy) is 1. The van der Waals surface area contributed by atoms with Crippen LogP contribution in [0.1, 0.15) is 56.2 Å². The fourth-order valence-corrected chi connectivity index (χ4v) is 3.20. The lowest BCUT2D eigenvalue weighted by Crippen LogP contribution is -2.08. The molecule has 1 N–H and O–H groups in total. The predicted molar refractivity (Wildman–Crippen MR) is 111 cm³/mol. The van der Waals surface area contributed by atoms with E-state index in [4.69, 9.17) is 4.74 Å². The normalized spacial score (nSPS) is 11.9. The molecule has 0 aromatic heterocycles. The molecule has 0 saturated heterocycles. The molecule has 0 fully saturated rings. The third kappa shape index (κ3) is 5.80. The molecule has 1 unspecified atom stereocenters. The topological polar surface area (TPSA) is 46.5 Å². The van der Waals surface area contributed by atoms with Gasteiger partial charge in [0.2, 0.25) is 0 Å². The second-order valence-electron chi connectivity index (χ2n) is 7.13. The minimum atomic E-state index is -0.371. The summed E-state index contributed by atoms with van der Waals surface area (Å²) in [5.74, 6) is 0.186. The molecule has 2 rings (SSSR count). The summed E-state index contributed by atoms with van der Waals surface area (Å²) in [5, 5.41) is 9.46. The Morgan fingerprint density at radius 2 is 1.89 bits per heavy atom. The van der Waals surface area contributed by atoms with E-state index in [1.165, 1.54) is 18.4 Å². The molecule has 2 aromatic carbocycles. The van der Waals surface area contributed by atoms with Gasteiger partial charge in [0.1, 0.15) is 0 Å². The minimum Gasteiger partial charge on any atom is -0.462 e. The van der Waals surface area contributed by atoms with Crippen LogP contribution in [0.5, 0.6) is 0 Å². The van der Waals surface area contributed by atoms with Gasteiger partial charge in [-0.05, 0) is 47.1 Å². The number of aliphatic hydroxyl groups excluding tert-OH is 1. The van der Waals surface area contributed by atoms with E-state index < -0.39 is 0 Å². The van der Waals surface area contributed by atoms with Crippen LogP contribution in [0.4, 0.5) is 0 Å². The molecule has 0 radical (unpaired) electrons. The van der Waals surface area contributed by atoms with Crippen molar-refractivity contribution in [3.05, 3.63) is 71.3 Å². The second-order valence-corrected chi connectivity index (χ2v) is 7.13. The van der Waals surface area contributed by atoms with E-state index in [2.05, 4.69) is 44.7 Å². The molecule has 0 aliphatic rings. The number of hydrogen-bond acceptors (Lipinski definition) is 3. The summed E-state index contributed by atoms with van der Waals surface area (Å²) in [7, 11) is 0. The van der Waals surface area contributed by atoms with Gasteiger partial charge in [-0.15, -0.1) is 0 Å². The Balaban J connectivity index is 2.22. The Morgan fingerprint density at radius 1 is 1.19 bits per heavy atom. The van der Waals surface area contributed by atoms with Crippen LogP contribution in [-0.2, 0) is 22.6 Å². The maximum Gasteiger partial charge on any atom is 0.333 e. The van der Waals surface area contributed by atoms with Crippen LogP contribution in [0.3, 0.4) is 0 Å². The summed E-state index contributed by atoms with van der Waals surface area (Å²) in [6.07, 6.45) is 2.96. The van der Waals surface area contributed by atoms with Crippen LogP contribution in [0.25, 0.3) is 11.1 Å². The van der Waals surface area contributed by atoms with E-state index >= 15 is 0 Å². The molecule has 0 aliphatic heterocycles. The average Bonchev–Trinajstić information content (AvgIpc) is 2.68. The maximum absolute atomic E-state index is 11.6. The quantitative estimate of drug-likeness (QED) is 0.477. The maximum atomic E-state index is 11.6. The zero-order valence-corrected chi connectivity index (χ0v) is 16.6. The first-order chi connectivity index (χ1) is 13.0. The first-order valence-electron chi connectivity index (χ1n) is 9.61. The summed E-state index contributed by atoms with van der Waals surface area (Å²) in [4.78, 5) is 11.6. The third-order valence-corrected chi connectivity index (χ3v) is 4.82. The molecule has 1 atom stereocenters. The van der Waals surface area contributed by atoms with Crippen LogP contribution in [0, 0.1) is 0 Å². The van der Waals surface area contributed by atoms with Crippen molar-refractivity contribution in [2.24, 2.45) is 0 Å². The molecular weight excluding hydrogens is 336 g/mol. The van der Waals surface area contributed by atoms with Gasteiger partial charge in [-0.2, -0.15) is 0 Å². The van der Waals surface area contributed by atoms with Gasteiger partial charge < -0.3 is 9.84 Å². The number of carbonyl (C=O) groups is 1. The van der Waals surface area contributed by atoms with Crippen LogP contribution in [0.2, 0.25) is 0 Å². The number of hydrogen-bond donors (Lipinski definition) is 1. The van der Waals surface area contributed by atoms with E-state index in [-0.39, 0.29) is 12.6 Å². The van der Waals surface area contributed by atoms with E-state index in [0.717, 1.165) is 22.3 Å². The standard InChI is InChI=1S/C24H30O3/c1-5-6-18(4)20-8-10-21(11-9-20)23-12-7-19(16-25)15-22(23)13-14-27-24(26)17(2)3/h7-12,15,18,25H,2,5-6,13-14,16H2,1,3-4H3. The fraction of sp³-hybridized carbons (Fsp3) is 0.375. The van der Waals surface area contributed by atoms with Crippen molar-refractivity contribution >= 4 is 5.97 Å². The van der Waals surface area contributed by atoms with Crippen molar-refractivity contribution in [2.45, 2.75) is 52.6 Å². The number of aliphatic hydroxyl groups is 1. The molecule has 144 valence electrons. The van der Waals surface area contributed by atoms with Crippen molar-refractivity contribution in [3.8, 4) is 11.1 Å². The summed E-state index contributed by atoms with van der Waals surface area (Å²) in [5.41, 5.74) is 5.90. The number of carbonyl (C=O) groups excluding carboxylic acids is 1. The predicted octanol–water partition coefficient (Wildman–Crippen LogP) is 5.41. The van der Waals surface area contributed by atoms with Gasteiger partial charge in [0, 0.05) is 12.0 Å². The highest BCUT2D eigenvalue weighted by atomic mass is 16.5.